The van der Waals surface area contributed by atoms with E-state index in [0.29, 0.717) is 36.2 Å². The number of allylic oxidation sites excluding steroid dienone is 3. The number of rotatable bonds is 3. The van der Waals surface area contributed by atoms with Gasteiger partial charge in [0, 0.05) is 30.9 Å². The molecule has 4 atom stereocenters. The summed E-state index contributed by atoms with van der Waals surface area (Å²) in [5, 5.41) is 6.39. The van der Waals surface area contributed by atoms with E-state index in [9.17, 15) is 18.0 Å². The molecule has 3 saturated heterocycles. The summed E-state index contributed by atoms with van der Waals surface area (Å²) in [6.45, 7) is -0.466. The Kier molecular flexibility index (Phi) is 6.19. The van der Waals surface area contributed by atoms with Gasteiger partial charge in [-0.05, 0) is 31.4 Å². The van der Waals surface area contributed by atoms with Crippen LogP contribution in [0.5, 0.6) is 0 Å². The van der Waals surface area contributed by atoms with E-state index in [1.165, 1.54) is 11.1 Å². The molecule has 3 fully saturated rings. The van der Waals surface area contributed by atoms with E-state index in [1.54, 1.807) is 18.0 Å². The van der Waals surface area contributed by atoms with E-state index in [4.69, 9.17) is 16.3 Å². The van der Waals surface area contributed by atoms with Gasteiger partial charge in [0.2, 0.25) is 5.95 Å². The van der Waals surface area contributed by atoms with Gasteiger partial charge in [0.05, 0.1) is 25.3 Å². The van der Waals surface area contributed by atoms with Crippen molar-refractivity contribution in [3.8, 4) is 0 Å². The number of amides is 1. The van der Waals surface area contributed by atoms with Gasteiger partial charge in [0.25, 0.3) is 11.8 Å². The zero-order valence-corrected chi connectivity index (χ0v) is 19.4. The monoisotopic (exact) mass is 498 g/mol. The number of halogens is 4. The summed E-state index contributed by atoms with van der Waals surface area (Å²) in [5.74, 6) is -2.90. The summed E-state index contributed by atoms with van der Waals surface area (Å²) < 4.78 is 47.2. The Balaban J connectivity index is 1.38. The molecule has 0 radical (unpaired) electrons. The highest BCUT2D eigenvalue weighted by Gasteiger charge is 2.50. The van der Waals surface area contributed by atoms with Gasteiger partial charge in [-0.3, -0.25) is 4.79 Å². The zero-order chi connectivity index (χ0) is 24.0. The van der Waals surface area contributed by atoms with Crippen molar-refractivity contribution < 1.29 is 22.7 Å². The van der Waals surface area contributed by atoms with Crippen molar-refractivity contribution in [2.75, 3.05) is 43.5 Å². The van der Waals surface area contributed by atoms with Crippen LogP contribution in [-0.4, -0.2) is 78.3 Å². The second-order valence-corrected chi connectivity index (χ2v) is 9.57. The smallest absolute Gasteiger partial charge is 0.283 e. The molecule has 1 aromatic rings. The van der Waals surface area contributed by atoms with Gasteiger partial charge in [0.1, 0.15) is 17.8 Å². The summed E-state index contributed by atoms with van der Waals surface area (Å²) in [6, 6.07) is -0.597. The zero-order valence-electron chi connectivity index (χ0n) is 18.6. The third-order valence-electron chi connectivity index (χ3n) is 6.72. The number of nitrogens with one attached hydrogen (secondary N) is 2. The Morgan fingerprint density at radius 1 is 1.35 bits per heavy atom. The molecule has 4 unspecified atom stereocenters. The third-order valence-corrected chi connectivity index (χ3v) is 7.00. The van der Waals surface area contributed by atoms with Gasteiger partial charge in [0.15, 0.2) is 11.9 Å². The van der Waals surface area contributed by atoms with Crippen LogP contribution in [0.3, 0.4) is 0 Å². The highest BCUT2D eigenvalue weighted by Crippen LogP contribution is 2.39. The van der Waals surface area contributed by atoms with E-state index in [2.05, 4.69) is 20.6 Å². The van der Waals surface area contributed by atoms with Crippen molar-refractivity contribution >= 4 is 29.3 Å². The summed E-state index contributed by atoms with van der Waals surface area (Å²) >= 11 is 6.34. The van der Waals surface area contributed by atoms with Crippen LogP contribution in [0.1, 0.15) is 19.3 Å². The maximum atomic E-state index is 14.0. The van der Waals surface area contributed by atoms with Crippen molar-refractivity contribution in [3.05, 3.63) is 34.8 Å². The first-order valence-corrected chi connectivity index (χ1v) is 11.7. The minimum Gasteiger partial charge on any atom is -0.360 e. The fourth-order valence-electron chi connectivity index (χ4n) is 4.98. The molecule has 184 valence electrons. The summed E-state index contributed by atoms with van der Waals surface area (Å²) in [5.41, 5.74) is 1.48. The van der Waals surface area contributed by atoms with Gasteiger partial charge >= 0.3 is 0 Å². The molecular formula is C22H26ClF3N6O2. The second-order valence-electron chi connectivity index (χ2n) is 9.16. The topological polar surface area (TPSA) is 82.6 Å². The standard InChI is InChI=1S/C22H26ClF3N6O2/c1-31-16-5-4-13(7-14(16)17-18(20(31)33)34-11-22(25,26)10-28-17)29-19-15(23)8-27-21(30-19)32-6-2-3-12(24)9-32/h4-5,8,12,14,17-18,28H,2-3,6-7,9-11H2,1H3,(H,27,29,30). The van der Waals surface area contributed by atoms with Gasteiger partial charge in [-0.2, -0.15) is 4.98 Å². The maximum Gasteiger partial charge on any atom is 0.283 e. The minimum absolute atomic E-state index is 0.234. The lowest BCUT2D eigenvalue weighted by Crippen LogP contribution is -2.59. The van der Waals surface area contributed by atoms with Crippen LogP contribution in [0.25, 0.3) is 0 Å². The lowest BCUT2D eigenvalue weighted by Gasteiger charge is -2.44. The number of nitrogens with zero attached hydrogens (tertiary/aromatic N) is 4. The first-order chi connectivity index (χ1) is 16.2. The van der Waals surface area contributed by atoms with Crippen molar-refractivity contribution in [1.82, 2.24) is 20.2 Å². The molecule has 0 saturated carbocycles. The molecule has 12 heteroatoms. The van der Waals surface area contributed by atoms with Crippen molar-refractivity contribution in [1.29, 1.82) is 0 Å². The molecule has 8 nitrogen and oxygen atoms in total. The van der Waals surface area contributed by atoms with Gasteiger partial charge in [-0.25, -0.2) is 18.2 Å². The molecule has 34 heavy (non-hydrogen) atoms. The molecule has 4 aliphatic rings. The number of hydrogen-bond acceptors (Lipinski definition) is 7. The number of piperidine rings is 2. The molecule has 2 N–H and O–H groups in total. The summed E-state index contributed by atoms with van der Waals surface area (Å²) in [6.07, 6.45) is 4.85. The lowest BCUT2D eigenvalue weighted by molar-refractivity contribution is -0.152. The van der Waals surface area contributed by atoms with Crippen LogP contribution < -0.4 is 15.5 Å². The number of fused-ring (bicyclic) bond motifs is 3. The molecule has 0 spiro atoms. The van der Waals surface area contributed by atoms with Gasteiger partial charge in [-0.1, -0.05) is 11.6 Å². The number of anilines is 2. The summed E-state index contributed by atoms with van der Waals surface area (Å²) in [7, 11) is 1.63. The number of carbonyl (C=O) groups excluding carboxylic acids is 1. The SMILES string of the molecule is CN1C(=O)C2OCC(F)(F)CNC2C2CC(Nc3nc(N4CCCC(F)C4)ncc3Cl)=CC=C21. The van der Waals surface area contributed by atoms with Crippen LogP contribution in [-0.2, 0) is 9.53 Å². The van der Waals surface area contributed by atoms with E-state index < -0.39 is 37.4 Å². The molecular weight excluding hydrogens is 473 g/mol. The van der Waals surface area contributed by atoms with Crippen LogP contribution in [0.15, 0.2) is 29.7 Å². The molecule has 5 rings (SSSR count). The van der Waals surface area contributed by atoms with Gasteiger partial charge in [-0.15, -0.1) is 0 Å². The maximum absolute atomic E-state index is 14.0. The van der Waals surface area contributed by atoms with E-state index in [-0.39, 0.29) is 18.4 Å². The highest BCUT2D eigenvalue weighted by molar-refractivity contribution is 6.32. The Morgan fingerprint density at radius 2 is 2.18 bits per heavy atom. The Hall–Kier alpha value is -2.37. The quantitative estimate of drug-likeness (QED) is 0.663. The number of carbonyl (C=O) groups is 1. The van der Waals surface area contributed by atoms with Gasteiger partial charge < -0.3 is 25.2 Å². The predicted octanol–water partition coefficient (Wildman–Crippen LogP) is 2.73. The Labute approximate surface area is 200 Å². The van der Waals surface area contributed by atoms with Crippen LogP contribution in [0, 0.1) is 5.92 Å². The predicted molar refractivity (Wildman–Crippen MR) is 121 cm³/mol. The Bertz CT molecular complexity index is 1040. The average Bonchev–Trinajstić information content (AvgIpc) is 2.97. The highest BCUT2D eigenvalue weighted by atomic mass is 35.5. The largest absolute Gasteiger partial charge is 0.360 e. The fourth-order valence-corrected chi connectivity index (χ4v) is 5.12. The van der Waals surface area contributed by atoms with Crippen molar-refractivity contribution in [2.24, 2.45) is 5.92 Å². The minimum atomic E-state index is -3.05. The number of ether oxygens (including phenoxy) is 1. The number of likely N-dealkylation sites (tertiary alicyclic amines) is 1. The van der Waals surface area contributed by atoms with E-state index in [0.717, 1.165) is 17.8 Å². The fraction of sp³-hybridized carbons (Fsp3) is 0.591. The third kappa shape index (κ3) is 4.48. The number of hydrogen-bond donors (Lipinski definition) is 2. The van der Waals surface area contributed by atoms with E-state index >= 15 is 0 Å². The molecule has 3 aliphatic heterocycles. The van der Waals surface area contributed by atoms with Crippen LogP contribution in [0.2, 0.25) is 5.02 Å². The average molecular weight is 499 g/mol. The molecule has 1 amide bonds. The lowest BCUT2D eigenvalue weighted by atomic mass is 9.80. The Morgan fingerprint density at radius 3 is 2.97 bits per heavy atom. The van der Waals surface area contributed by atoms with Crippen molar-refractivity contribution in [2.45, 2.75) is 43.5 Å². The molecule has 1 aliphatic carbocycles. The molecule has 0 bridgehead atoms. The van der Waals surface area contributed by atoms with Crippen LogP contribution >= 0.6 is 11.6 Å². The first-order valence-electron chi connectivity index (χ1n) is 11.3. The van der Waals surface area contributed by atoms with E-state index in [1.807, 2.05) is 6.08 Å². The number of alkyl halides is 3. The molecule has 4 heterocycles. The summed E-state index contributed by atoms with van der Waals surface area (Å²) in [4.78, 5) is 24.8. The van der Waals surface area contributed by atoms with Crippen LogP contribution in [0.4, 0.5) is 24.9 Å². The van der Waals surface area contributed by atoms with Crippen molar-refractivity contribution in [3.63, 3.8) is 0 Å². The molecule has 1 aromatic heterocycles. The first kappa shape index (κ1) is 23.4. The second kappa shape index (κ2) is 9.01. The normalized spacial score (nSPS) is 31.1. The number of likely N-dealkylation sites (N-methyl/N-ethyl adjacent to an activating group) is 1. The number of aromatic nitrogens is 2. The molecule has 0 aromatic carbocycles.